The number of hydrogen-bond donors (Lipinski definition) is 2. The zero-order chi connectivity index (χ0) is 18.6. The molecule has 0 unspecified atom stereocenters. The summed E-state index contributed by atoms with van der Waals surface area (Å²) in [7, 11) is -2.33. The molecule has 0 aliphatic carbocycles. The van der Waals surface area contributed by atoms with E-state index in [2.05, 4.69) is 5.32 Å². The van der Waals surface area contributed by atoms with Gasteiger partial charge in [0.25, 0.3) is 5.91 Å². The first kappa shape index (κ1) is 18.9. The lowest BCUT2D eigenvalue weighted by atomic mass is 9.96. The first-order chi connectivity index (χ1) is 11.7. The number of nitrogens with one attached hydrogen (secondary N) is 2. The molecule has 0 saturated carbocycles. The second-order valence-electron chi connectivity index (χ2n) is 5.53. The smallest absolute Gasteiger partial charge is 0.325 e. The van der Waals surface area contributed by atoms with E-state index in [9.17, 15) is 22.8 Å². The van der Waals surface area contributed by atoms with Gasteiger partial charge in [-0.1, -0.05) is 24.3 Å². The molecule has 0 bridgehead atoms. The maximum atomic E-state index is 12.3. The van der Waals surface area contributed by atoms with Gasteiger partial charge in [-0.05, 0) is 11.1 Å². The second kappa shape index (κ2) is 7.62. The molecule has 0 radical (unpaired) electrons. The maximum absolute atomic E-state index is 12.3. The van der Waals surface area contributed by atoms with Gasteiger partial charge < -0.3 is 10.1 Å². The minimum absolute atomic E-state index is 0.0548. The van der Waals surface area contributed by atoms with Crippen molar-refractivity contribution in [2.45, 2.75) is 19.0 Å². The fourth-order valence-electron chi connectivity index (χ4n) is 2.51. The zero-order valence-electron chi connectivity index (χ0n) is 13.8. The highest BCUT2D eigenvalue weighted by atomic mass is 32.2. The summed E-state index contributed by atoms with van der Waals surface area (Å²) >= 11 is 0. The fourth-order valence-corrected chi connectivity index (χ4v) is 3.50. The Labute approximate surface area is 145 Å². The fraction of sp³-hybridized carbons (Fsp3) is 0.400. The average molecular weight is 369 g/mol. The van der Waals surface area contributed by atoms with Crippen LogP contribution in [0.5, 0.6) is 0 Å². The predicted octanol–water partition coefficient (Wildman–Crippen LogP) is -0.628. The Morgan fingerprint density at radius 3 is 2.48 bits per heavy atom. The van der Waals surface area contributed by atoms with Crippen molar-refractivity contribution >= 4 is 27.9 Å². The Morgan fingerprint density at radius 2 is 1.88 bits per heavy atom. The molecule has 1 aromatic carbocycles. The third-order valence-corrected chi connectivity index (χ3v) is 4.96. The third-order valence-electron chi connectivity index (χ3n) is 3.73. The monoisotopic (exact) mass is 369 g/mol. The van der Waals surface area contributed by atoms with Crippen LogP contribution >= 0.6 is 0 Å². The minimum Gasteiger partial charge on any atom is -0.454 e. The topological polar surface area (TPSA) is 122 Å². The lowest BCUT2D eigenvalue weighted by Crippen LogP contribution is -2.49. The molecule has 1 aliphatic rings. The number of ether oxygens (including phenoxy) is 1. The number of carbonyl (C=O) groups excluding carboxylic acids is 3. The van der Waals surface area contributed by atoms with Gasteiger partial charge in [0.05, 0.1) is 6.26 Å². The number of fused-ring (bicyclic) bond motifs is 1. The van der Waals surface area contributed by atoms with E-state index < -0.39 is 40.6 Å². The third kappa shape index (κ3) is 4.77. The molecule has 136 valence electrons. The molecule has 0 fully saturated rings. The number of benzene rings is 1. The Kier molecular flexibility index (Phi) is 5.75. The van der Waals surface area contributed by atoms with Gasteiger partial charge in [-0.25, -0.2) is 13.2 Å². The number of carbonyl (C=O) groups is 3. The summed E-state index contributed by atoms with van der Waals surface area (Å²) in [5.41, 5.74) is 1.66. The summed E-state index contributed by atoms with van der Waals surface area (Å²) in [6.45, 7) is -0.624. The molecule has 9 nitrogen and oxygen atoms in total. The molecule has 2 N–H and O–H groups in total. The van der Waals surface area contributed by atoms with Crippen molar-refractivity contribution in [3.8, 4) is 0 Å². The molecule has 0 aromatic heterocycles. The molecule has 2 rings (SSSR count). The lowest BCUT2D eigenvalue weighted by Gasteiger charge is -2.33. The molecular formula is C15H19N3O6S. The van der Waals surface area contributed by atoms with Gasteiger partial charge in [0, 0.05) is 20.0 Å². The number of rotatable bonds is 4. The van der Waals surface area contributed by atoms with Crippen molar-refractivity contribution in [3.63, 3.8) is 0 Å². The van der Waals surface area contributed by atoms with Gasteiger partial charge in [-0.15, -0.1) is 0 Å². The van der Waals surface area contributed by atoms with E-state index in [1.165, 1.54) is 7.05 Å². The molecular weight excluding hydrogens is 350 g/mol. The van der Waals surface area contributed by atoms with Gasteiger partial charge in [0.15, 0.2) is 6.61 Å². The van der Waals surface area contributed by atoms with Crippen LogP contribution in [0.1, 0.15) is 11.1 Å². The van der Waals surface area contributed by atoms with Crippen LogP contribution < -0.4 is 10.6 Å². The predicted molar refractivity (Wildman–Crippen MR) is 87.9 cm³/mol. The number of nitrogens with zero attached hydrogens (tertiary/aromatic N) is 1. The van der Waals surface area contributed by atoms with E-state index in [0.717, 1.165) is 21.7 Å². The van der Waals surface area contributed by atoms with Crippen molar-refractivity contribution in [2.75, 3.05) is 19.9 Å². The van der Waals surface area contributed by atoms with Crippen molar-refractivity contribution < 1.29 is 27.5 Å². The van der Waals surface area contributed by atoms with Crippen LogP contribution in [0.15, 0.2) is 24.3 Å². The van der Waals surface area contributed by atoms with Crippen molar-refractivity contribution in [3.05, 3.63) is 35.4 Å². The summed E-state index contributed by atoms with van der Waals surface area (Å²) in [6, 6.07) is 5.41. The Hall–Kier alpha value is -2.46. The number of esters is 1. The van der Waals surface area contributed by atoms with Gasteiger partial charge in [-0.3, -0.25) is 14.9 Å². The van der Waals surface area contributed by atoms with Crippen LogP contribution in [0, 0.1) is 0 Å². The highest BCUT2D eigenvalue weighted by molar-refractivity contribution is 7.88. The van der Waals surface area contributed by atoms with E-state index in [4.69, 9.17) is 4.74 Å². The van der Waals surface area contributed by atoms with Crippen molar-refractivity contribution in [1.29, 1.82) is 0 Å². The van der Waals surface area contributed by atoms with E-state index in [-0.39, 0.29) is 13.0 Å². The molecule has 1 atom stereocenters. The van der Waals surface area contributed by atoms with Crippen molar-refractivity contribution in [1.82, 2.24) is 14.9 Å². The van der Waals surface area contributed by atoms with Crippen LogP contribution in [0.2, 0.25) is 0 Å². The molecule has 0 saturated heterocycles. The van der Waals surface area contributed by atoms with Gasteiger partial charge in [0.2, 0.25) is 10.0 Å². The van der Waals surface area contributed by atoms with Gasteiger partial charge in [-0.2, -0.15) is 4.31 Å². The number of amides is 3. The number of imide groups is 1. The Balaban J connectivity index is 2.11. The van der Waals surface area contributed by atoms with E-state index in [1.54, 1.807) is 18.2 Å². The summed E-state index contributed by atoms with van der Waals surface area (Å²) in [5, 5.41) is 4.13. The van der Waals surface area contributed by atoms with Crippen molar-refractivity contribution in [2.24, 2.45) is 0 Å². The zero-order valence-corrected chi connectivity index (χ0v) is 14.6. The van der Waals surface area contributed by atoms with E-state index in [1.807, 2.05) is 11.4 Å². The van der Waals surface area contributed by atoms with E-state index >= 15 is 0 Å². The average Bonchev–Trinajstić information content (AvgIpc) is 2.57. The van der Waals surface area contributed by atoms with Crippen LogP contribution in [0.4, 0.5) is 4.79 Å². The quantitative estimate of drug-likeness (QED) is 0.682. The molecule has 1 heterocycles. The summed E-state index contributed by atoms with van der Waals surface area (Å²) in [6.07, 6.45) is 1.17. The van der Waals surface area contributed by atoms with Crippen LogP contribution in [0.25, 0.3) is 0 Å². The maximum Gasteiger partial charge on any atom is 0.325 e. The van der Waals surface area contributed by atoms with Crippen LogP contribution in [-0.4, -0.2) is 56.6 Å². The standard InChI is InChI=1S/C15H19N3O6S/c1-16-15(21)17-13(19)9-24-14(20)12-7-10-5-3-4-6-11(10)8-18(12)25(2,22)23/h3-6,12H,7-9H2,1-2H3,(H2,16,17,19,21)/t12-/m0/s1. The second-order valence-corrected chi connectivity index (χ2v) is 7.47. The first-order valence-corrected chi connectivity index (χ1v) is 9.29. The molecule has 25 heavy (non-hydrogen) atoms. The number of hydrogen-bond acceptors (Lipinski definition) is 6. The van der Waals surface area contributed by atoms with E-state index in [0.29, 0.717) is 0 Å². The van der Waals surface area contributed by atoms with Gasteiger partial charge in [0.1, 0.15) is 6.04 Å². The van der Waals surface area contributed by atoms with Crippen LogP contribution in [-0.2, 0) is 37.3 Å². The largest absolute Gasteiger partial charge is 0.454 e. The Morgan fingerprint density at radius 1 is 1.24 bits per heavy atom. The molecule has 3 amide bonds. The number of urea groups is 1. The molecule has 0 spiro atoms. The highest BCUT2D eigenvalue weighted by Gasteiger charge is 2.38. The van der Waals surface area contributed by atoms with Gasteiger partial charge >= 0.3 is 12.0 Å². The molecule has 1 aromatic rings. The first-order valence-electron chi connectivity index (χ1n) is 7.44. The molecule has 10 heteroatoms. The minimum atomic E-state index is -3.66. The lowest BCUT2D eigenvalue weighted by molar-refractivity contribution is -0.152. The summed E-state index contributed by atoms with van der Waals surface area (Å²) in [4.78, 5) is 34.8. The highest BCUT2D eigenvalue weighted by Crippen LogP contribution is 2.26. The summed E-state index contributed by atoms with van der Waals surface area (Å²) < 4.78 is 30.0. The summed E-state index contributed by atoms with van der Waals surface area (Å²) in [5.74, 6) is -1.65. The molecule has 1 aliphatic heterocycles. The Bertz CT molecular complexity index is 792. The van der Waals surface area contributed by atoms with Crippen LogP contribution in [0.3, 0.4) is 0 Å². The number of sulfonamides is 1. The SMILES string of the molecule is CNC(=O)NC(=O)COC(=O)[C@@H]1Cc2ccccc2CN1S(C)(=O)=O. The normalized spacial score (nSPS) is 17.3.